The minimum Gasteiger partial charge on any atom is -0.369 e. The highest BCUT2D eigenvalue weighted by Crippen LogP contribution is 2.37. The van der Waals surface area contributed by atoms with Gasteiger partial charge in [0.15, 0.2) is 0 Å². The van der Waals surface area contributed by atoms with Gasteiger partial charge in [-0.05, 0) is 18.9 Å². The smallest absolute Gasteiger partial charge is 0.0922 e. The number of thiophene rings is 1. The third-order valence-electron chi connectivity index (χ3n) is 2.18. The van der Waals surface area contributed by atoms with Crippen molar-refractivity contribution in [2.24, 2.45) is 0 Å². The highest BCUT2D eigenvalue weighted by Gasteiger charge is 2.26. The van der Waals surface area contributed by atoms with Crippen LogP contribution in [0.25, 0.3) is 0 Å². The number of rotatable bonds is 2. The molecule has 1 nitrogen and oxygen atoms in total. The molecular weight excluding hydrogens is 319 g/mol. The Labute approximate surface area is 101 Å². The van der Waals surface area contributed by atoms with E-state index in [1.807, 2.05) is 11.4 Å². The molecule has 1 saturated heterocycles. The molecule has 0 spiro atoms. The summed E-state index contributed by atoms with van der Waals surface area (Å²) in [5, 5.41) is 2.80. The van der Waals surface area contributed by atoms with Crippen LogP contribution < -0.4 is 0 Å². The highest BCUT2D eigenvalue weighted by molar-refractivity contribution is 14.1. The zero-order valence-electron chi connectivity index (χ0n) is 7.00. The molecule has 1 aliphatic heterocycles. The molecule has 0 N–H and O–H groups in total. The van der Waals surface area contributed by atoms with Crippen LogP contribution >= 0.6 is 45.5 Å². The van der Waals surface area contributed by atoms with Gasteiger partial charge in [0.1, 0.15) is 0 Å². The van der Waals surface area contributed by atoms with E-state index in [0.717, 1.165) is 15.9 Å². The average molecular weight is 329 g/mol. The molecule has 1 aliphatic rings. The van der Waals surface area contributed by atoms with Crippen LogP contribution in [-0.2, 0) is 4.74 Å². The van der Waals surface area contributed by atoms with Gasteiger partial charge in [0.05, 0.1) is 17.2 Å². The third kappa shape index (κ3) is 2.37. The normalized spacial score (nSPS) is 28.2. The van der Waals surface area contributed by atoms with Crippen LogP contribution in [0.2, 0.25) is 5.02 Å². The summed E-state index contributed by atoms with van der Waals surface area (Å²) >= 11 is 9.94. The van der Waals surface area contributed by atoms with Crippen molar-refractivity contribution in [2.45, 2.75) is 25.0 Å². The molecule has 0 aliphatic carbocycles. The molecule has 2 unspecified atom stereocenters. The molecule has 1 aromatic heterocycles. The average Bonchev–Trinajstić information content (AvgIpc) is 2.71. The molecule has 2 atom stereocenters. The Balaban J connectivity index is 2.03. The molecule has 1 fully saturated rings. The lowest BCUT2D eigenvalue weighted by Gasteiger charge is -2.09. The number of hydrogen-bond donors (Lipinski definition) is 0. The van der Waals surface area contributed by atoms with Crippen molar-refractivity contribution in [3.8, 4) is 0 Å². The maximum absolute atomic E-state index is 5.86. The molecule has 0 saturated carbocycles. The van der Waals surface area contributed by atoms with Gasteiger partial charge >= 0.3 is 0 Å². The molecule has 0 radical (unpaired) electrons. The Morgan fingerprint density at radius 1 is 1.62 bits per heavy atom. The first-order valence-corrected chi connectivity index (χ1v) is 7.03. The topological polar surface area (TPSA) is 9.23 Å². The lowest BCUT2D eigenvalue weighted by atomic mass is 10.2. The number of ether oxygens (including phenoxy) is 1. The second-order valence-electron chi connectivity index (χ2n) is 3.15. The maximum Gasteiger partial charge on any atom is 0.0922 e. The van der Waals surface area contributed by atoms with Gasteiger partial charge in [0.25, 0.3) is 0 Å². The Morgan fingerprint density at radius 2 is 2.46 bits per heavy atom. The number of alkyl halides is 1. The van der Waals surface area contributed by atoms with Crippen LogP contribution in [0.3, 0.4) is 0 Å². The van der Waals surface area contributed by atoms with E-state index in [9.17, 15) is 0 Å². The Kier molecular flexibility index (Phi) is 3.51. The summed E-state index contributed by atoms with van der Waals surface area (Å²) < 4.78 is 6.94. The van der Waals surface area contributed by atoms with E-state index in [1.54, 1.807) is 11.3 Å². The van der Waals surface area contributed by atoms with Crippen LogP contribution in [0.1, 0.15) is 23.8 Å². The van der Waals surface area contributed by atoms with E-state index < -0.39 is 0 Å². The quantitative estimate of drug-likeness (QED) is 0.588. The first kappa shape index (κ1) is 10.2. The molecule has 13 heavy (non-hydrogen) atoms. The fourth-order valence-electron chi connectivity index (χ4n) is 1.53. The molecule has 72 valence electrons. The van der Waals surface area contributed by atoms with E-state index in [2.05, 4.69) is 22.6 Å². The van der Waals surface area contributed by atoms with Crippen molar-refractivity contribution >= 4 is 45.5 Å². The summed E-state index contributed by atoms with van der Waals surface area (Å²) in [6, 6.07) is 2.02. The number of hydrogen-bond acceptors (Lipinski definition) is 2. The van der Waals surface area contributed by atoms with Crippen LogP contribution in [0.4, 0.5) is 0 Å². The minimum atomic E-state index is 0.303. The second-order valence-corrected chi connectivity index (χ2v) is 5.41. The molecule has 4 heteroatoms. The van der Waals surface area contributed by atoms with Crippen molar-refractivity contribution in [1.82, 2.24) is 0 Å². The first-order chi connectivity index (χ1) is 6.29. The van der Waals surface area contributed by atoms with E-state index in [4.69, 9.17) is 16.3 Å². The van der Waals surface area contributed by atoms with Crippen molar-refractivity contribution in [3.63, 3.8) is 0 Å². The summed E-state index contributed by atoms with van der Waals surface area (Å²) in [5.74, 6) is 0. The molecular formula is C9H10ClIOS. The van der Waals surface area contributed by atoms with Gasteiger partial charge in [-0.25, -0.2) is 0 Å². The molecule has 1 aromatic rings. The molecule has 2 heterocycles. The fourth-order valence-corrected chi connectivity index (χ4v) is 3.33. The van der Waals surface area contributed by atoms with Crippen LogP contribution in [-0.4, -0.2) is 10.5 Å². The monoisotopic (exact) mass is 328 g/mol. The maximum atomic E-state index is 5.86. The van der Waals surface area contributed by atoms with E-state index in [1.165, 1.54) is 11.3 Å². The lowest BCUT2D eigenvalue weighted by Crippen LogP contribution is -2.06. The van der Waals surface area contributed by atoms with Crippen LogP contribution in [0.5, 0.6) is 0 Å². The molecule has 0 bridgehead atoms. The predicted molar refractivity (Wildman–Crippen MR) is 65.1 cm³/mol. The highest BCUT2D eigenvalue weighted by atomic mass is 127. The zero-order valence-corrected chi connectivity index (χ0v) is 10.7. The van der Waals surface area contributed by atoms with E-state index >= 15 is 0 Å². The Bertz CT molecular complexity index is 289. The van der Waals surface area contributed by atoms with Crippen molar-refractivity contribution < 1.29 is 4.74 Å². The Morgan fingerprint density at radius 3 is 3.00 bits per heavy atom. The first-order valence-electron chi connectivity index (χ1n) is 4.25. The zero-order chi connectivity index (χ0) is 9.26. The van der Waals surface area contributed by atoms with Gasteiger partial charge in [0, 0.05) is 14.7 Å². The van der Waals surface area contributed by atoms with Gasteiger partial charge in [-0.2, -0.15) is 0 Å². The second kappa shape index (κ2) is 4.47. The molecule has 0 aromatic carbocycles. The van der Waals surface area contributed by atoms with Crippen LogP contribution in [0.15, 0.2) is 11.4 Å². The van der Waals surface area contributed by atoms with Gasteiger partial charge in [0.2, 0.25) is 0 Å². The van der Waals surface area contributed by atoms with Crippen LogP contribution in [0, 0.1) is 0 Å². The summed E-state index contributed by atoms with van der Waals surface area (Å²) in [6.07, 6.45) is 3.08. The van der Waals surface area contributed by atoms with Crippen molar-refractivity contribution in [3.05, 3.63) is 21.3 Å². The van der Waals surface area contributed by atoms with Crippen molar-refractivity contribution in [2.75, 3.05) is 4.43 Å². The van der Waals surface area contributed by atoms with Gasteiger partial charge < -0.3 is 4.74 Å². The van der Waals surface area contributed by atoms with E-state index in [-0.39, 0.29) is 0 Å². The minimum absolute atomic E-state index is 0.303. The largest absolute Gasteiger partial charge is 0.369 e. The fraction of sp³-hybridized carbons (Fsp3) is 0.556. The van der Waals surface area contributed by atoms with Gasteiger partial charge in [-0.15, -0.1) is 11.3 Å². The summed E-state index contributed by atoms with van der Waals surface area (Å²) in [6.45, 7) is 0. The SMILES string of the molecule is Clc1csc(C2CCC(CI)O2)c1. The van der Waals surface area contributed by atoms with Crippen molar-refractivity contribution in [1.29, 1.82) is 0 Å². The molecule has 0 amide bonds. The standard InChI is InChI=1S/C9H10ClIOS/c10-6-3-9(13-5-6)8-2-1-7(4-11)12-8/h3,5,7-8H,1-2,4H2. The summed E-state index contributed by atoms with van der Waals surface area (Å²) in [7, 11) is 0. The summed E-state index contributed by atoms with van der Waals surface area (Å²) in [5.41, 5.74) is 0. The predicted octanol–water partition coefficient (Wildman–Crippen LogP) is 4.06. The molecule has 2 rings (SSSR count). The Hall–Kier alpha value is 0.680. The van der Waals surface area contributed by atoms with Gasteiger partial charge in [-0.1, -0.05) is 34.2 Å². The summed E-state index contributed by atoms with van der Waals surface area (Å²) in [4.78, 5) is 1.28. The van der Waals surface area contributed by atoms with Gasteiger partial charge in [-0.3, -0.25) is 0 Å². The lowest BCUT2D eigenvalue weighted by molar-refractivity contribution is 0.0619. The number of halogens is 2. The third-order valence-corrected chi connectivity index (χ3v) is 4.54. The van der Waals surface area contributed by atoms with E-state index in [0.29, 0.717) is 12.2 Å².